The van der Waals surface area contributed by atoms with Gasteiger partial charge in [-0.3, -0.25) is 4.79 Å². The van der Waals surface area contributed by atoms with Crippen LogP contribution in [0.4, 0.5) is 11.4 Å². The number of carbonyl (C=O) groups excluding carboxylic acids is 2. The zero-order valence-corrected chi connectivity index (χ0v) is 17.2. The van der Waals surface area contributed by atoms with Gasteiger partial charge in [-0.2, -0.15) is 0 Å². The maximum atomic E-state index is 12.8. The Bertz CT molecular complexity index is 1030. The van der Waals surface area contributed by atoms with Crippen LogP contribution in [0.2, 0.25) is 0 Å². The van der Waals surface area contributed by atoms with Crippen molar-refractivity contribution < 1.29 is 14.3 Å². The lowest BCUT2D eigenvalue weighted by atomic mass is 9.92. The summed E-state index contributed by atoms with van der Waals surface area (Å²) in [5.41, 5.74) is 6.50. The molecule has 3 aromatic rings. The molecule has 0 unspecified atom stereocenters. The Labute approximate surface area is 171 Å². The topological polar surface area (TPSA) is 55.4 Å². The summed E-state index contributed by atoms with van der Waals surface area (Å²) in [6.07, 6.45) is 0. The van der Waals surface area contributed by atoms with Crippen LogP contribution in [-0.2, 0) is 4.74 Å². The molecule has 3 aromatic carbocycles. The fourth-order valence-electron chi connectivity index (χ4n) is 3.36. The van der Waals surface area contributed by atoms with Crippen LogP contribution in [-0.4, -0.2) is 18.4 Å². The van der Waals surface area contributed by atoms with E-state index in [1.54, 1.807) is 12.1 Å². The molecule has 0 amide bonds. The second kappa shape index (κ2) is 8.74. The third-order valence-electron chi connectivity index (χ3n) is 5.18. The number of ether oxygens (including phenoxy) is 1. The van der Waals surface area contributed by atoms with E-state index in [0.29, 0.717) is 16.8 Å². The Morgan fingerprint density at radius 3 is 2.07 bits per heavy atom. The van der Waals surface area contributed by atoms with Gasteiger partial charge in [0, 0.05) is 11.3 Å². The van der Waals surface area contributed by atoms with Gasteiger partial charge in [-0.1, -0.05) is 36.4 Å². The maximum Gasteiger partial charge on any atom is 0.340 e. The molecule has 1 N–H and O–H groups in total. The second-order valence-corrected chi connectivity index (χ2v) is 7.17. The summed E-state index contributed by atoms with van der Waals surface area (Å²) in [6.45, 7) is 7.53. The number of ketones is 1. The monoisotopic (exact) mass is 387 g/mol. The van der Waals surface area contributed by atoms with E-state index in [0.717, 1.165) is 27.9 Å². The summed E-state index contributed by atoms with van der Waals surface area (Å²) in [7, 11) is 0. The van der Waals surface area contributed by atoms with Crippen molar-refractivity contribution in [2.75, 3.05) is 11.9 Å². The van der Waals surface area contributed by atoms with Crippen LogP contribution in [0.15, 0.2) is 60.7 Å². The highest BCUT2D eigenvalue weighted by atomic mass is 16.5. The van der Waals surface area contributed by atoms with Gasteiger partial charge in [0.15, 0.2) is 6.61 Å². The minimum Gasteiger partial charge on any atom is -0.454 e. The molecule has 0 heterocycles. The Balaban J connectivity index is 1.76. The van der Waals surface area contributed by atoms with E-state index in [1.165, 1.54) is 0 Å². The summed E-state index contributed by atoms with van der Waals surface area (Å²) >= 11 is 0. The fraction of sp³-hybridized carbons (Fsp3) is 0.200. The third kappa shape index (κ3) is 4.54. The molecule has 0 aliphatic rings. The van der Waals surface area contributed by atoms with E-state index < -0.39 is 5.97 Å². The molecule has 3 rings (SSSR count). The largest absolute Gasteiger partial charge is 0.454 e. The van der Waals surface area contributed by atoms with Crippen LogP contribution in [0.1, 0.15) is 43.0 Å². The lowest BCUT2D eigenvalue weighted by Gasteiger charge is -2.15. The van der Waals surface area contributed by atoms with Crippen molar-refractivity contribution in [2.24, 2.45) is 0 Å². The number of esters is 1. The van der Waals surface area contributed by atoms with Crippen LogP contribution >= 0.6 is 0 Å². The van der Waals surface area contributed by atoms with E-state index in [2.05, 4.69) is 11.4 Å². The highest BCUT2D eigenvalue weighted by Gasteiger charge is 2.19. The molecule has 0 spiro atoms. The summed E-state index contributed by atoms with van der Waals surface area (Å²) in [5, 5.41) is 3.22. The Kier molecular flexibility index (Phi) is 6.13. The van der Waals surface area contributed by atoms with Gasteiger partial charge in [0.1, 0.15) is 0 Å². The van der Waals surface area contributed by atoms with Gasteiger partial charge in [0.25, 0.3) is 0 Å². The molecule has 148 valence electrons. The third-order valence-corrected chi connectivity index (χ3v) is 5.18. The van der Waals surface area contributed by atoms with Gasteiger partial charge in [0.05, 0.1) is 11.3 Å². The Morgan fingerprint density at radius 2 is 1.41 bits per heavy atom. The van der Waals surface area contributed by atoms with Crippen LogP contribution in [0.5, 0.6) is 0 Å². The summed E-state index contributed by atoms with van der Waals surface area (Å²) in [4.78, 5) is 25.5. The zero-order chi connectivity index (χ0) is 21.0. The van der Waals surface area contributed by atoms with Gasteiger partial charge in [0.2, 0.25) is 5.78 Å². The van der Waals surface area contributed by atoms with Gasteiger partial charge in [-0.15, -0.1) is 0 Å². The Hall–Kier alpha value is -3.40. The number of hydrogen-bond acceptors (Lipinski definition) is 4. The molecule has 0 saturated carbocycles. The first kappa shape index (κ1) is 20.3. The second-order valence-electron chi connectivity index (χ2n) is 7.17. The van der Waals surface area contributed by atoms with Gasteiger partial charge >= 0.3 is 5.97 Å². The minimum absolute atomic E-state index is 0.186. The number of rotatable bonds is 6. The average Bonchev–Trinajstić information content (AvgIpc) is 2.72. The molecule has 0 saturated heterocycles. The molecule has 0 aromatic heterocycles. The number of aryl methyl sites for hydroxylation is 2. The van der Waals surface area contributed by atoms with Crippen molar-refractivity contribution in [1.29, 1.82) is 0 Å². The van der Waals surface area contributed by atoms with Gasteiger partial charge in [-0.25, -0.2) is 4.79 Å². The average molecular weight is 387 g/mol. The maximum absolute atomic E-state index is 12.8. The fourth-order valence-corrected chi connectivity index (χ4v) is 3.36. The quantitative estimate of drug-likeness (QED) is 0.435. The number of para-hydroxylation sites is 2. The zero-order valence-electron chi connectivity index (χ0n) is 17.2. The van der Waals surface area contributed by atoms with Crippen LogP contribution in [0, 0.1) is 27.7 Å². The molecule has 0 aliphatic heterocycles. The molecule has 29 heavy (non-hydrogen) atoms. The number of benzene rings is 3. The van der Waals surface area contributed by atoms with Crippen molar-refractivity contribution in [3.05, 3.63) is 94.0 Å². The highest BCUT2D eigenvalue weighted by molar-refractivity contribution is 6.03. The first-order valence-corrected chi connectivity index (χ1v) is 9.57. The molecule has 0 bridgehead atoms. The molecule has 0 aliphatic carbocycles. The van der Waals surface area contributed by atoms with E-state index in [4.69, 9.17) is 4.74 Å². The van der Waals surface area contributed by atoms with Crippen molar-refractivity contribution in [3.8, 4) is 0 Å². The number of anilines is 2. The van der Waals surface area contributed by atoms with Gasteiger partial charge < -0.3 is 10.1 Å². The van der Waals surface area contributed by atoms with Gasteiger partial charge in [-0.05, 0) is 74.2 Å². The molecule has 4 heteroatoms. The number of nitrogens with one attached hydrogen (secondary N) is 1. The van der Waals surface area contributed by atoms with Crippen molar-refractivity contribution in [3.63, 3.8) is 0 Å². The normalized spacial score (nSPS) is 10.5. The lowest BCUT2D eigenvalue weighted by molar-refractivity contribution is 0.0475. The molecule has 0 fully saturated rings. The van der Waals surface area contributed by atoms with Crippen LogP contribution in [0.3, 0.4) is 0 Å². The molecule has 0 atom stereocenters. The van der Waals surface area contributed by atoms with Crippen LogP contribution < -0.4 is 5.32 Å². The summed E-state index contributed by atoms with van der Waals surface area (Å²) in [5.74, 6) is -0.717. The van der Waals surface area contributed by atoms with E-state index >= 15 is 0 Å². The molecule has 0 radical (unpaired) electrons. The van der Waals surface area contributed by atoms with E-state index in [1.807, 2.05) is 70.2 Å². The van der Waals surface area contributed by atoms with E-state index in [-0.39, 0.29) is 12.4 Å². The summed E-state index contributed by atoms with van der Waals surface area (Å²) in [6, 6.07) is 18.8. The molecule has 4 nitrogen and oxygen atoms in total. The molecular weight excluding hydrogens is 362 g/mol. The number of hydrogen-bond donors (Lipinski definition) is 1. The summed E-state index contributed by atoms with van der Waals surface area (Å²) < 4.78 is 5.38. The van der Waals surface area contributed by atoms with Crippen molar-refractivity contribution in [1.82, 2.24) is 0 Å². The first-order chi connectivity index (χ1) is 13.9. The first-order valence-electron chi connectivity index (χ1n) is 9.57. The highest BCUT2D eigenvalue weighted by Crippen LogP contribution is 2.24. The lowest BCUT2D eigenvalue weighted by Crippen LogP contribution is -2.18. The predicted octanol–water partition coefficient (Wildman–Crippen LogP) is 5.70. The Morgan fingerprint density at radius 1 is 0.828 bits per heavy atom. The smallest absolute Gasteiger partial charge is 0.340 e. The predicted molar refractivity (Wildman–Crippen MR) is 116 cm³/mol. The van der Waals surface area contributed by atoms with Crippen LogP contribution in [0.25, 0.3) is 0 Å². The minimum atomic E-state index is -0.530. The number of carbonyl (C=O) groups is 2. The van der Waals surface area contributed by atoms with Crippen molar-refractivity contribution in [2.45, 2.75) is 27.7 Å². The van der Waals surface area contributed by atoms with E-state index in [9.17, 15) is 9.59 Å². The molecular formula is C25H25NO3. The number of Topliss-reactive ketones (excluding diaryl/α,β-unsaturated/α-hetero) is 1. The SMILES string of the molecule is Cc1cc(C)c(C)c(C(=O)COC(=O)c2ccccc2Nc2ccccc2)c1C. The standard InChI is InChI=1S/C25H25NO3/c1-16-14-17(2)19(4)24(18(16)3)23(27)15-29-25(28)21-12-8-9-13-22(21)26-20-10-6-5-7-11-20/h5-14,26H,15H2,1-4H3. The van der Waals surface area contributed by atoms with Crippen molar-refractivity contribution >= 4 is 23.1 Å².